The summed E-state index contributed by atoms with van der Waals surface area (Å²) in [4.78, 5) is 2.43. The number of para-hydroxylation sites is 2. The van der Waals surface area contributed by atoms with Crippen molar-refractivity contribution in [1.82, 2.24) is 0 Å². The van der Waals surface area contributed by atoms with Crippen molar-refractivity contribution in [3.8, 4) is 22.3 Å². The molecule has 0 radical (unpaired) electrons. The van der Waals surface area contributed by atoms with E-state index in [4.69, 9.17) is 4.42 Å². The third-order valence-electron chi connectivity index (χ3n) is 9.66. The highest BCUT2D eigenvalue weighted by molar-refractivity contribution is 6.19. The number of hydrogen-bond acceptors (Lipinski definition) is 2. The lowest BCUT2D eigenvalue weighted by atomic mass is 9.82. The van der Waals surface area contributed by atoms with Crippen molar-refractivity contribution in [2.45, 2.75) is 19.3 Å². The Hall–Kier alpha value is -5.60. The van der Waals surface area contributed by atoms with Crippen LogP contribution < -0.4 is 4.90 Å². The maximum Gasteiger partial charge on any atom is 0.136 e. The molecule has 1 heterocycles. The standard InChI is InChI=1S/C43H31NO/c1-43(2)37-17-9-6-15-33(37)36-27-31(23-24-38(36)43)44(39-18-10-7-14-32(39)28-12-4-3-5-13-28)30-22-20-29-21-25-41-42(35(29)26-30)34-16-8-11-19-40(34)45-41/h3-27H,1-2H3. The minimum absolute atomic E-state index is 0.0475. The van der Waals surface area contributed by atoms with Crippen LogP contribution in [0.2, 0.25) is 0 Å². The first kappa shape index (κ1) is 25.9. The third kappa shape index (κ3) is 3.89. The molecule has 0 saturated heterocycles. The van der Waals surface area contributed by atoms with Gasteiger partial charge in [0.15, 0.2) is 0 Å². The number of nitrogens with zero attached hydrogens (tertiary/aromatic N) is 1. The molecule has 214 valence electrons. The minimum Gasteiger partial charge on any atom is -0.456 e. The molecule has 7 aromatic carbocycles. The minimum atomic E-state index is -0.0475. The van der Waals surface area contributed by atoms with Crippen molar-refractivity contribution < 1.29 is 4.42 Å². The molecule has 0 saturated carbocycles. The van der Waals surface area contributed by atoms with Crippen LogP contribution in [0.25, 0.3) is 55.0 Å². The van der Waals surface area contributed by atoms with Gasteiger partial charge >= 0.3 is 0 Å². The Morgan fingerprint density at radius 3 is 2.04 bits per heavy atom. The summed E-state index contributed by atoms with van der Waals surface area (Å²) in [6.45, 7) is 4.67. The first-order valence-corrected chi connectivity index (χ1v) is 15.6. The van der Waals surface area contributed by atoms with Gasteiger partial charge in [0.2, 0.25) is 0 Å². The van der Waals surface area contributed by atoms with Crippen LogP contribution in [0, 0.1) is 0 Å². The molecule has 0 unspecified atom stereocenters. The van der Waals surface area contributed by atoms with Gasteiger partial charge in [-0.1, -0.05) is 123 Å². The van der Waals surface area contributed by atoms with Gasteiger partial charge in [-0.05, 0) is 81.1 Å². The van der Waals surface area contributed by atoms with E-state index in [9.17, 15) is 0 Å². The van der Waals surface area contributed by atoms with Gasteiger partial charge in [0, 0.05) is 33.1 Å². The third-order valence-corrected chi connectivity index (χ3v) is 9.66. The van der Waals surface area contributed by atoms with Crippen LogP contribution in [0.1, 0.15) is 25.0 Å². The molecule has 1 aliphatic rings. The summed E-state index contributed by atoms with van der Waals surface area (Å²) in [5.41, 5.74) is 12.9. The van der Waals surface area contributed by atoms with Gasteiger partial charge in [-0.2, -0.15) is 0 Å². The van der Waals surface area contributed by atoms with Crippen molar-refractivity contribution in [2.75, 3.05) is 4.90 Å². The molecule has 0 fully saturated rings. The molecule has 0 bridgehead atoms. The van der Waals surface area contributed by atoms with Gasteiger partial charge in [0.1, 0.15) is 11.2 Å². The number of hydrogen-bond donors (Lipinski definition) is 0. The predicted molar refractivity (Wildman–Crippen MR) is 189 cm³/mol. The molecular formula is C43H31NO. The lowest BCUT2D eigenvalue weighted by Crippen LogP contribution is -2.15. The molecule has 45 heavy (non-hydrogen) atoms. The van der Waals surface area contributed by atoms with Crippen molar-refractivity contribution in [3.63, 3.8) is 0 Å². The van der Waals surface area contributed by atoms with E-state index in [0.717, 1.165) is 39.0 Å². The van der Waals surface area contributed by atoms with Crippen LogP contribution >= 0.6 is 0 Å². The van der Waals surface area contributed by atoms with Crippen LogP contribution in [-0.2, 0) is 5.41 Å². The molecule has 0 amide bonds. The number of furan rings is 1. The van der Waals surface area contributed by atoms with Crippen molar-refractivity contribution in [3.05, 3.63) is 163 Å². The van der Waals surface area contributed by atoms with Crippen LogP contribution in [0.4, 0.5) is 17.1 Å². The fourth-order valence-electron chi connectivity index (χ4n) is 7.48. The zero-order valence-corrected chi connectivity index (χ0v) is 25.3. The smallest absolute Gasteiger partial charge is 0.136 e. The number of rotatable bonds is 4. The van der Waals surface area contributed by atoms with Gasteiger partial charge in [-0.3, -0.25) is 0 Å². The van der Waals surface area contributed by atoms with Crippen molar-refractivity contribution in [2.24, 2.45) is 0 Å². The second-order valence-corrected chi connectivity index (χ2v) is 12.6. The Balaban J connectivity index is 1.33. The van der Waals surface area contributed by atoms with E-state index < -0.39 is 0 Å². The summed E-state index contributed by atoms with van der Waals surface area (Å²) in [6.07, 6.45) is 0. The van der Waals surface area contributed by atoms with Gasteiger partial charge < -0.3 is 9.32 Å². The number of fused-ring (bicyclic) bond motifs is 8. The van der Waals surface area contributed by atoms with Gasteiger partial charge in [-0.25, -0.2) is 0 Å². The lowest BCUT2D eigenvalue weighted by Gasteiger charge is -2.29. The molecule has 9 rings (SSSR count). The molecule has 0 atom stereocenters. The second-order valence-electron chi connectivity index (χ2n) is 12.6. The summed E-state index contributed by atoms with van der Waals surface area (Å²) in [6, 6.07) is 54.8. The van der Waals surface area contributed by atoms with E-state index in [1.807, 2.05) is 6.07 Å². The Labute approximate surface area is 262 Å². The maximum absolute atomic E-state index is 6.30. The molecule has 0 spiro atoms. The average Bonchev–Trinajstić information content (AvgIpc) is 3.58. The molecule has 1 aromatic heterocycles. The van der Waals surface area contributed by atoms with Gasteiger partial charge in [0.25, 0.3) is 0 Å². The normalized spacial score (nSPS) is 13.3. The van der Waals surface area contributed by atoms with Crippen molar-refractivity contribution in [1.29, 1.82) is 0 Å². The number of anilines is 3. The van der Waals surface area contributed by atoms with Crippen LogP contribution in [-0.4, -0.2) is 0 Å². The van der Waals surface area contributed by atoms with Gasteiger partial charge in [-0.15, -0.1) is 0 Å². The molecule has 0 N–H and O–H groups in total. The predicted octanol–water partition coefficient (Wildman–Crippen LogP) is 12.2. The Kier molecular flexibility index (Phi) is 5.58. The summed E-state index contributed by atoms with van der Waals surface area (Å²) in [5.74, 6) is 0. The summed E-state index contributed by atoms with van der Waals surface area (Å²) >= 11 is 0. The van der Waals surface area contributed by atoms with Crippen LogP contribution in [0.3, 0.4) is 0 Å². The van der Waals surface area contributed by atoms with Gasteiger partial charge in [0.05, 0.1) is 5.69 Å². The molecular weight excluding hydrogens is 546 g/mol. The summed E-state index contributed by atoms with van der Waals surface area (Å²) in [7, 11) is 0. The topological polar surface area (TPSA) is 16.4 Å². The first-order chi connectivity index (χ1) is 22.1. The molecule has 1 aliphatic carbocycles. The van der Waals surface area contributed by atoms with Crippen molar-refractivity contribution >= 4 is 49.8 Å². The highest BCUT2D eigenvalue weighted by Crippen LogP contribution is 2.51. The van der Waals surface area contributed by atoms with Crippen LogP contribution in [0.15, 0.2) is 156 Å². The van der Waals surface area contributed by atoms with E-state index in [2.05, 4.69) is 164 Å². The maximum atomic E-state index is 6.30. The van der Waals surface area contributed by atoms with E-state index in [1.165, 1.54) is 44.2 Å². The Bertz CT molecular complexity index is 2410. The monoisotopic (exact) mass is 577 g/mol. The Morgan fingerprint density at radius 1 is 0.489 bits per heavy atom. The summed E-state index contributed by atoms with van der Waals surface area (Å²) in [5, 5.41) is 4.68. The molecule has 0 aliphatic heterocycles. The molecule has 8 aromatic rings. The van der Waals surface area contributed by atoms with E-state index >= 15 is 0 Å². The highest BCUT2D eigenvalue weighted by atomic mass is 16.3. The lowest BCUT2D eigenvalue weighted by molar-refractivity contribution is 0.660. The first-order valence-electron chi connectivity index (χ1n) is 15.6. The average molecular weight is 578 g/mol. The Morgan fingerprint density at radius 2 is 1.16 bits per heavy atom. The fraction of sp³-hybridized carbons (Fsp3) is 0.0698. The number of benzene rings is 7. The summed E-state index contributed by atoms with van der Waals surface area (Å²) < 4.78 is 6.30. The highest BCUT2D eigenvalue weighted by Gasteiger charge is 2.35. The quantitative estimate of drug-likeness (QED) is 0.207. The van der Waals surface area contributed by atoms with E-state index in [0.29, 0.717) is 0 Å². The SMILES string of the molecule is CC1(C)c2ccccc2-c2cc(N(c3ccc4ccc5oc6ccccc6c5c4c3)c3ccccc3-c3ccccc3)ccc21. The van der Waals surface area contributed by atoms with E-state index in [1.54, 1.807) is 0 Å². The van der Waals surface area contributed by atoms with E-state index in [-0.39, 0.29) is 5.41 Å². The second kappa shape index (κ2) is 9.70. The van der Waals surface area contributed by atoms with Crippen LogP contribution in [0.5, 0.6) is 0 Å². The molecule has 2 nitrogen and oxygen atoms in total. The zero-order valence-electron chi connectivity index (χ0n) is 25.3. The molecule has 2 heteroatoms. The largest absolute Gasteiger partial charge is 0.456 e. The zero-order chi connectivity index (χ0) is 30.1. The fourth-order valence-corrected chi connectivity index (χ4v) is 7.48.